The Balaban J connectivity index is 3.89. The van der Waals surface area contributed by atoms with Gasteiger partial charge in [-0.3, -0.25) is 14.4 Å². The molecule has 0 aliphatic heterocycles. The first-order chi connectivity index (χ1) is 32.5. The molecule has 6 heteroatoms. The minimum Gasteiger partial charge on any atom is -0.462 e. The normalized spacial score (nSPS) is 12.0. The third kappa shape index (κ3) is 53.1. The fourth-order valence-electron chi connectivity index (χ4n) is 9.03. The number of hydrogen-bond acceptors (Lipinski definition) is 6. The van der Waals surface area contributed by atoms with E-state index in [1.807, 2.05) is 0 Å². The zero-order valence-electron chi connectivity index (χ0n) is 44.7. The van der Waals surface area contributed by atoms with Crippen molar-refractivity contribution in [3.8, 4) is 0 Å². The summed E-state index contributed by atoms with van der Waals surface area (Å²) >= 11 is 0. The van der Waals surface area contributed by atoms with Gasteiger partial charge in [0.05, 0.1) is 0 Å². The molecule has 0 aromatic rings. The molecule has 66 heavy (non-hydrogen) atoms. The number of hydrogen-bond donors (Lipinski definition) is 0. The van der Waals surface area contributed by atoms with E-state index < -0.39 is 6.10 Å². The maximum atomic E-state index is 12.7. The molecule has 0 radical (unpaired) electrons. The molecule has 1 atom stereocenters. The van der Waals surface area contributed by atoms with E-state index in [0.717, 1.165) is 57.8 Å². The first kappa shape index (κ1) is 64.2. The van der Waals surface area contributed by atoms with E-state index in [1.165, 1.54) is 238 Å². The molecule has 0 spiro atoms. The van der Waals surface area contributed by atoms with Crippen molar-refractivity contribution in [2.45, 2.75) is 341 Å². The highest BCUT2D eigenvalue weighted by molar-refractivity contribution is 5.71. The van der Waals surface area contributed by atoms with Crippen LogP contribution in [-0.2, 0) is 28.6 Å². The number of rotatable bonds is 55. The Labute approximate surface area is 411 Å². The average Bonchev–Trinajstić information content (AvgIpc) is 3.31. The summed E-state index contributed by atoms with van der Waals surface area (Å²) in [6.07, 6.45) is 64.1. The maximum Gasteiger partial charge on any atom is 0.306 e. The lowest BCUT2D eigenvalue weighted by Crippen LogP contribution is -2.30. The fraction of sp³-hybridized carbons (Fsp3) is 0.917. The summed E-state index contributed by atoms with van der Waals surface area (Å²) in [7, 11) is 0. The van der Waals surface area contributed by atoms with Gasteiger partial charge in [-0.05, 0) is 44.9 Å². The number of esters is 3. The number of carbonyl (C=O) groups excluding carboxylic acids is 3. The molecular weight excluding hydrogens is 817 g/mol. The molecule has 0 saturated heterocycles. The Morgan fingerprint density at radius 3 is 0.758 bits per heavy atom. The van der Waals surface area contributed by atoms with Crippen molar-refractivity contribution in [3.63, 3.8) is 0 Å². The minimum absolute atomic E-state index is 0.0641. The van der Waals surface area contributed by atoms with Crippen LogP contribution >= 0.6 is 0 Å². The summed E-state index contributed by atoms with van der Waals surface area (Å²) in [5.41, 5.74) is 0. The van der Waals surface area contributed by atoms with E-state index in [9.17, 15) is 14.4 Å². The van der Waals surface area contributed by atoms with Crippen molar-refractivity contribution < 1.29 is 28.6 Å². The van der Waals surface area contributed by atoms with Crippen molar-refractivity contribution in [2.75, 3.05) is 13.2 Å². The van der Waals surface area contributed by atoms with Crippen LogP contribution in [0.2, 0.25) is 0 Å². The maximum absolute atomic E-state index is 12.7. The third-order valence-electron chi connectivity index (χ3n) is 13.5. The molecular formula is C60H114O6. The largest absolute Gasteiger partial charge is 0.462 e. The number of unbranched alkanes of at least 4 members (excludes halogenated alkanes) is 42. The van der Waals surface area contributed by atoms with Crippen LogP contribution in [0.1, 0.15) is 335 Å². The van der Waals surface area contributed by atoms with Crippen LogP contribution in [-0.4, -0.2) is 37.2 Å². The summed E-state index contributed by atoms with van der Waals surface area (Å²) in [5, 5.41) is 0. The highest BCUT2D eigenvalue weighted by Gasteiger charge is 2.19. The molecule has 0 aliphatic rings. The Hall–Kier alpha value is -1.85. The molecule has 0 heterocycles. The fourth-order valence-corrected chi connectivity index (χ4v) is 9.03. The lowest BCUT2D eigenvalue weighted by molar-refractivity contribution is -0.167. The predicted molar refractivity (Wildman–Crippen MR) is 284 cm³/mol. The molecule has 0 fully saturated rings. The van der Waals surface area contributed by atoms with Crippen molar-refractivity contribution in [2.24, 2.45) is 0 Å². The molecule has 0 amide bonds. The average molecular weight is 932 g/mol. The summed E-state index contributed by atoms with van der Waals surface area (Å²) in [6, 6.07) is 0. The first-order valence-electron chi connectivity index (χ1n) is 29.7. The van der Waals surface area contributed by atoms with E-state index in [0.29, 0.717) is 19.3 Å². The summed E-state index contributed by atoms with van der Waals surface area (Å²) in [4.78, 5) is 37.8. The Morgan fingerprint density at radius 2 is 0.500 bits per heavy atom. The van der Waals surface area contributed by atoms with Gasteiger partial charge in [-0.15, -0.1) is 0 Å². The van der Waals surface area contributed by atoms with Gasteiger partial charge in [0.15, 0.2) is 6.10 Å². The molecule has 0 bridgehead atoms. The zero-order chi connectivity index (χ0) is 47.9. The molecule has 6 nitrogen and oxygen atoms in total. The van der Waals surface area contributed by atoms with Gasteiger partial charge < -0.3 is 14.2 Å². The summed E-state index contributed by atoms with van der Waals surface area (Å²) in [6.45, 7) is 6.62. The molecule has 390 valence electrons. The van der Waals surface area contributed by atoms with Gasteiger partial charge in [-0.25, -0.2) is 0 Å². The van der Waals surface area contributed by atoms with Gasteiger partial charge >= 0.3 is 17.9 Å². The first-order valence-corrected chi connectivity index (χ1v) is 29.7. The van der Waals surface area contributed by atoms with E-state index in [4.69, 9.17) is 14.2 Å². The lowest BCUT2D eigenvalue weighted by atomic mass is 10.0. The molecule has 0 N–H and O–H groups in total. The molecule has 0 saturated carbocycles. The lowest BCUT2D eigenvalue weighted by Gasteiger charge is -2.18. The third-order valence-corrected chi connectivity index (χ3v) is 13.5. The summed E-state index contributed by atoms with van der Waals surface area (Å²) < 4.78 is 16.7. The van der Waals surface area contributed by atoms with Gasteiger partial charge in [0.1, 0.15) is 13.2 Å². The standard InChI is InChI=1S/C60H114O6/c1-4-7-10-13-16-18-20-21-22-23-24-25-26-27-28-29-30-31-32-33-34-35-36-37-38-39-40-42-44-47-50-53-59(62)65-56-57(55-64-58(61)52-49-46-43-15-12-9-6-3)66-60(63)54-51-48-45-41-19-17-14-11-8-5-2/h23-24,57H,4-22,25-56H2,1-3H3/b24-23-. The van der Waals surface area contributed by atoms with Crippen molar-refractivity contribution in [1.29, 1.82) is 0 Å². The van der Waals surface area contributed by atoms with E-state index >= 15 is 0 Å². The van der Waals surface area contributed by atoms with E-state index in [1.54, 1.807) is 0 Å². The predicted octanol–water partition coefficient (Wildman–Crippen LogP) is 19.7. The highest BCUT2D eigenvalue weighted by Crippen LogP contribution is 2.17. The van der Waals surface area contributed by atoms with Crippen molar-refractivity contribution in [3.05, 3.63) is 12.2 Å². The van der Waals surface area contributed by atoms with Gasteiger partial charge in [0.25, 0.3) is 0 Å². The van der Waals surface area contributed by atoms with Gasteiger partial charge in [0.2, 0.25) is 0 Å². The van der Waals surface area contributed by atoms with Crippen molar-refractivity contribution >= 4 is 17.9 Å². The van der Waals surface area contributed by atoms with Crippen LogP contribution in [0.15, 0.2) is 12.2 Å². The van der Waals surface area contributed by atoms with Gasteiger partial charge in [-0.2, -0.15) is 0 Å². The molecule has 1 unspecified atom stereocenters. The van der Waals surface area contributed by atoms with Crippen LogP contribution in [0, 0.1) is 0 Å². The van der Waals surface area contributed by atoms with E-state index in [-0.39, 0.29) is 31.1 Å². The van der Waals surface area contributed by atoms with Crippen LogP contribution in [0.3, 0.4) is 0 Å². The monoisotopic (exact) mass is 931 g/mol. The quantitative estimate of drug-likeness (QED) is 0.0262. The minimum atomic E-state index is -0.760. The highest BCUT2D eigenvalue weighted by atomic mass is 16.6. The Morgan fingerprint density at radius 1 is 0.288 bits per heavy atom. The smallest absolute Gasteiger partial charge is 0.306 e. The number of ether oxygens (including phenoxy) is 3. The Kier molecular flexibility index (Phi) is 54.2. The second-order valence-electron chi connectivity index (χ2n) is 20.3. The zero-order valence-corrected chi connectivity index (χ0v) is 44.7. The van der Waals surface area contributed by atoms with Gasteiger partial charge in [0, 0.05) is 19.3 Å². The topological polar surface area (TPSA) is 78.9 Å². The van der Waals surface area contributed by atoms with Gasteiger partial charge in [-0.1, -0.05) is 283 Å². The van der Waals surface area contributed by atoms with Crippen LogP contribution < -0.4 is 0 Å². The van der Waals surface area contributed by atoms with Crippen LogP contribution in [0.4, 0.5) is 0 Å². The number of allylic oxidation sites excluding steroid dienone is 2. The second kappa shape index (κ2) is 55.7. The molecule has 0 aliphatic carbocycles. The van der Waals surface area contributed by atoms with Crippen molar-refractivity contribution in [1.82, 2.24) is 0 Å². The van der Waals surface area contributed by atoms with Crippen LogP contribution in [0.5, 0.6) is 0 Å². The Bertz CT molecular complexity index is 1020. The molecule has 0 rings (SSSR count). The molecule has 0 aromatic heterocycles. The molecule has 0 aromatic carbocycles. The second-order valence-corrected chi connectivity index (χ2v) is 20.3. The summed E-state index contributed by atoms with van der Waals surface area (Å²) in [5.74, 6) is -0.854. The number of carbonyl (C=O) groups is 3. The van der Waals surface area contributed by atoms with Crippen LogP contribution in [0.25, 0.3) is 0 Å². The van der Waals surface area contributed by atoms with E-state index in [2.05, 4.69) is 32.9 Å². The SMILES string of the molecule is CCCCCCCCCC/C=C\CCCCCCCCCCCCCCCCCCCCCC(=O)OCC(COC(=O)CCCCCCCCC)OC(=O)CCCCCCCCCCCC.